The number of phenolic OH excluding ortho intramolecular Hbond substituents is 1. The van der Waals surface area contributed by atoms with Gasteiger partial charge in [-0.1, -0.05) is 27.2 Å². The van der Waals surface area contributed by atoms with Crippen LogP contribution in [0.25, 0.3) is 22.8 Å². The highest BCUT2D eigenvalue weighted by molar-refractivity contribution is 9.10. The number of aromatic hydroxyl groups is 1. The Hall–Kier alpha value is -2.14. The predicted octanol–water partition coefficient (Wildman–Crippen LogP) is 4.49. The summed E-state index contributed by atoms with van der Waals surface area (Å²) >= 11 is 3.52. The molecule has 1 heterocycles. The highest BCUT2D eigenvalue weighted by Crippen LogP contribution is 2.30. The lowest BCUT2D eigenvalue weighted by atomic mass is 10.1. The van der Waals surface area contributed by atoms with Crippen LogP contribution in [0.5, 0.6) is 5.75 Å². The number of rotatable bonds is 2. The smallest absolute Gasteiger partial charge is 0.258 e. The molecule has 0 radical (unpaired) electrons. The second-order valence-electron chi connectivity index (χ2n) is 4.91. The van der Waals surface area contributed by atoms with Crippen LogP contribution in [0.4, 0.5) is 0 Å². The number of hydrogen-bond acceptors (Lipinski definition) is 4. The van der Waals surface area contributed by atoms with E-state index in [4.69, 9.17) is 4.52 Å². The Morgan fingerprint density at radius 1 is 1.10 bits per heavy atom. The molecule has 0 amide bonds. The topological polar surface area (TPSA) is 59.2 Å². The van der Waals surface area contributed by atoms with Crippen LogP contribution in [-0.2, 0) is 0 Å². The molecule has 0 fully saturated rings. The summed E-state index contributed by atoms with van der Waals surface area (Å²) in [6.45, 7) is 3.85. The van der Waals surface area contributed by atoms with Gasteiger partial charge in [-0.05, 0) is 55.3 Å². The molecule has 2 aromatic carbocycles. The van der Waals surface area contributed by atoms with Crippen molar-refractivity contribution in [3.8, 4) is 28.6 Å². The van der Waals surface area contributed by atoms with Gasteiger partial charge in [-0.2, -0.15) is 4.98 Å². The predicted molar refractivity (Wildman–Crippen MR) is 84.0 cm³/mol. The van der Waals surface area contributed by atoms with Crippen molar-refractivity contribution in [3.05, 3.63) is 52.0 Å². The highest BCUT2D eigenvalue weighted by atomic mass is 79.9. The largest absolute Gasteiger partial charge is 0.508 e. The monoisotopic (exact) mass is 344 g/mol. The van der Waals surface area contributed by atoms with Crippen molar-refractivity contribution in [3.63, 3.8) is 0 Å². The van der Waals surface area contributed by atoms with Crippen LogP contribution in [0.1, 0.15) is 11.1 Å². The Morgan fingerprint density at radius 3 is 2.62 bits per heavy atom. The number of benzene rings is 2. The maximum atomic E-state index is 9.56. The lowest BCUT2D eigenvalue weighted by Crippen LogP contribution is -1.84. The summed E-state index contributed by atoms with van der Waals surface area (Å²) in [6.07, 6.45) is 0. The average Bonchev–Trinajstić information content (AvgIpc) is 2.91. The van der Waals surface area contributed by atoms with Crippen LogP contribution >= 0.6 is 15.9 Å². The zero-order valence-electron chi connectivity index (χ0n) is 11.6. The molecule has 4 nitrogen and oxygen atoms in total. The van der Waals surface area contributed by atoms with Crippen LogP contribution in [0.2, 0.25) is 0 Å². The second kappa shape index (κ2) is 5.33. The van der Waals surface area contributed by atoms with Crippen molar-refractivity contribution in [2.24, 2.45) is 0 Å². The average molecular weight is 345 g/mol. The molecule has 3 aromatic rings. The van der Waals surface area contributed by atoms with Gasteiger partial charge in [0.2, 0.25) is 5.82 Å². The van der Waals surface area contributed by atoms with Gasteiger partial charge in [-0.15, -0.1) is 0 Å². The zero-order chi connectivity index (χ0) is 15.0. The second-order valence-corrected chi connectivity index (χ2v) is 5.76. The molecule has 0 unspecified atom stereocenters. The molecule has 5 heteroatoms. The van der Waals surface area contributed by atoms with Crippen molar-refractivity contribution in [2.45, 2.75) is 13.8 Å². The summed E-state index contributed by atoms with van der Waals surface area (Å²) in [5, 5.41) is 13.6. The van der Waals surface area contributed by atoms with Gasteiger partial charge in [0, 0.05) is 15.6 Å². The molecule has 1 N–H and O–H groups in total. The maximum Gasteiger partial charge on any atom is 0.258 e. The van der Waals surface area contributed by atoms with Gasteiger partial charge in [-0.25, -0.2) is 0 Å². The molecule has 3 rings (SSSR count). The van der Waals surface area contributed by atoms with Crippen LogP contribution in [-0.4, -0.2) is 15.2 Å². The van der Waals surface area contributed by atoms with Crippen molar-refractivity contribution in [1.29, 1.82) is 0 Å². The summed E-state index contributed by atoms with van der Waals surface area (Å²) in [6, 6.07) is 11.2. The van der Waals surface area contributed by atoms with E-state index in [1.165, 1.54) is 0 Å². The summed E-state index contributed by atoms with van der Waals surface area (Å²) < 4.78 is 6.25. The third-order valence-electron chi connectivity index (χ3n) is 3.24. The maximum absolute atomic E-state index is 9.56. The summed E-state index contributed by atoms with van der Waals surface area (Å²) in [5.74, 6) is 1.21. The fourth-order valence-corrected chi connectivity index (χ4v) is 2.71. The SMILES string of the molecule is Cc1ccc(-c2noc(-c3ccc(O)c(C)c3)n2)c(Br)c1. The van der Waals surface area contributed by atoms with E-state index in [9.17, 15) is 5.11 Å². The minimum absolute atomic E-state index is 0.250. The minimum Gasteiger partial charge on any atom is -0.508 e. The molecule has 0 aliphatic carbocycles. The first kappa shape index (κ1) is 13.8. The Bertz CT molecular complexity index is 812. The Morgan fingerprint density at radius 2 is 1.90 bits per heavy atom. The first-order valence-corrected chi connectivity index (χ1v) is 7.24. The lowest BCUT2D eigenvalue weighted by Gasteiger charge is -2.00. The van der Waals surface area contributed by atoms with Gasteiger partial charge in [0.25, 0.3) is 5.89 Å². The van der Waals surface area contributed by atoms with Crippen LogP contribution in [0.3, 0.4) is 0 Å². The van der Waals surface area contributed by atoms with E-state index >= 15 is 0 Å². The molecular weight excluding hydrogens is 332 g/mol. The van der Waals surface area contributed by atoms with Crippen LogP contribution in [0.15, 0.2) is 45.4 Å². The Balaban J connectivity index is 2.01. The molecule has 0 aliphatic heterocycles. The Kier molecular flexibility index (Phi) is 3.51. The third-order valence-corrected chi connectivity index (χ3v) is 3.89. The van der Waals surface area contributed by atoms with Gasteiger partial charge in [0.05, 0.1) is 0 Å². The van der Waals surface area contributed by atoms with Gasteiger partial charge in [0.1, 0.15) is 5.75 Å². The van der Waals surface area contributed by atoms with Gasteiger partial charge in [-0.3, -0.25) is 0 Å². The third kappa shape index (κ3) is 2.69. The fourth-order valence-electron chi connectivity index (χ4n) is 2.04. The molecule has 0 saturated heterocycles. The van der Waals surface area contributed by atoms with E-state index in [2.05, 4.69) is 26.1 Å². The molecule has 0 spiro atoms. The van der Waals surface area contributed by atoms with Crippen LogP contribution < -0.4 is 0 Å². The standard InChI is InChI=1S/C16H13BrN2O2/c1-9-3-5-12(13(17)7-9)15-18-16(21-19-15)11-4-6-14(20)10(2)8-11/h3-8,20H,1-2H3. The number of aryl methyl sites for hydroxylation is 2. The summed E-state index contributed by atoms with van der Waals surface area (Å²) in [4.78, 5) is 4.42. The normalized spacial score (nSPS) is 10.8. The highest BCUT2D eigenvalue weighted by Gasteiger charge is 2.13. The molecule has 106 valence electrons. The summed E-state index contributed by atoms with van der Waals surface area (Å²) in [7, 11) is 0. The van der Waals surface area contributed by atoms with Crippen molar-refractivity contribution >= 4 is 15.9 Å². The lowest BCUT2D eigenvalue weighted by molar-refractivity contribution is 0.432. The molecular formula is C16H13BrN2O2. The van der Waals surface area contributed by atoms with E-state index < -0.39 is 0 Å². The van der Waals surface area contributed by atoms with Crippen molar-refractivity contribution in [1.82, 2.24) is 10.1 Å². The Labute approximate surface area is 130 Å². The zero-order valence-corrected chi connectivity index (χ0v) is 13.2. The van der Waals surface area contributed by atoms with E-state index in [1.54, 1.807) is 12.1 Å². The molecule has 0 saturated carbocycles. The van der Waals surface area contributed by atoms with Gasteiger partial charge >= 0.3 is 0 Å². The van der Waals surface area contributed by atoms with E-state index in [1.807, 2.05) is 38.1 Å². The molecule has 0 bridgehead atoms. The molecule has 0 aliphatic rings. The molecule has 1 aromatic heterocycles. The van der Waals surface area contributed by atoms with Crippen molar-refractivity contribution < 1.29 is 9.63 Å². The van der Waals surface area contributed by atoms with Gasteiger partial charge < -0.3 is 9.63 Å². The van der Waals surface area contributed by atoms with E-state index in [-0.39, 0.29) is 5.75 Å². The number of nitrogens with zero attached hydrogens (tertiary/aromatic N) is 2. The van der Waals surface area contributed by atoms with Crippen LogP contribution in [0, 0.1) is 13.8 Å². The number of aromatic nitrogens is 2. The van der Waals surface area contributed by atoms with Gasteiger partial charge in [0.15, 0.2) is 0 Å². The number of phenols is 1. The minimum atomic E-state index is 0.250. The van der Waals surface area contributed by atoms with E-state index in [0.717, 1.165) is 26.7 Å². The fraction of sp³-hybridized carbons (Fsp3) is 0.125. The quantitative estimate of drug-likeness (QED) is 0.744. The summed E-state index contributed by atoms with van der Waals surface area (Å²) in [5.41, 5.74) is 3.59. The first-order chi connectivity index (χ1) is 10.0. The number of halogens is 1. The molecule has 0 atom stereocenters. The molecule has 21 heavy (non-hydrogen) atoms. The number of hydrogen-bond donors (Lipinski definition) is 1. The van der Waals surface area contributed by atoms with E-state index in [0.29, 0.717) is 11.7 Å². The first-order valence-electron chi connectivity index (χ1n) is 6.45. The van der Waals surface area contributed by atoms with Crippen molar-refractivity contribution in [2.75, 3.05) is 0 Å².